The van der Waals surface area contributed by atoms with E-state index in [0.717, 1.165) is 22.4 Å². The predicted octanol–water partition coefficient (Wildman–Crippen LogP) is 3.57. The van der Waals surface area contributed by atoms with Crippen LogP contribution in [0.25, 0.3) is 0 Å². The number of para-hydroxylation sites is 1. The second kappa shape index (κ2) is 7.62. The number of aryl methyl sites for hydroxylation is 1. The van der Waals surface area contributed by atoms with Gasteiger partial charge in [-0.05, 0) is 37.8 Å². The van der Waals surface area contributed by atoms with Crippen molar-refractivity contribution < 1.29 is 14.3 Å². The maximum Gasteiger partial charge on any atom is 0.331 e. The topological polar surface area (TPSA) is 55.4 Å². The molecule has 4 nitrogen and oxygen atoms in total. The molecule has 0 saturated carbocycles. The lowest BCUT2D eigenvalue weighted by atomic mass is 9.98. The molecule has 1 amide bonds. The lowest BCUT2D eigenvalue weighted by Crippen LogP contribution is -2.21. The molecule has 0 fully saturated rings. The number of benzene rings is 1. The van der Waals surface area contributed by atoms with E-state index < -0.39 is 5.97 Å². The van der Waals surface area contributed by atoms with E-state index in [0.29, 0.717) is 5.92 Å². The SMILES string of the molecule is CC(C)=CC(=O)OCC(=O)Nc1c(C)cccc1C(C)C. The first-order valence-corrected chi connectivity index (χ1v) is 7.02. The van der Waals surface area contributed by atoms with Gasteiger partial charge < -0.3 is 10.1 Å². The average molecular weight is 289 g/mol. The molecule has 1 aromatic rings. The van der Waals surface area contributed by atoms with Gasteiger partial charge in [-0.25, -0.2) is 4.79 Å². The number of allylic oxidation sites excluding steroid dienone is 1. The normalized spacial score (nSPS) is 10.2. The fourth-order valence-electron chi connectivity index (χ4n) is 1.93. The number of hydrogen-bond donors (Lipinski definition) is 1. The Bertz CT molecular complexity index is 555. The van der Waals surface area contributed by atoms with Crippen LogP contribution < -0.4 is 5.32 Å². The van der Waals surface area contributed by atoms with E-state index in [-0.39, 0.29) is 12.5 Å². The minimum Gasteiger partial charge on any atom is -0.452 e. The summed E-state index contributed by atoms with van der Waals surface area (Å²) < 4.78 is 4.90. The number of anilines is 1. The van der Waals surface area contributed by atoms with Gasteiger partial charge in [-0.2, -0.15) is 0 Å². The lowest BCUT2D eigenvalue weighted by Gasteiger charge is -2.16. The summed E-state index contributed by atoms with van der Waals surface area (Å²) in [7, 11) is 0. The summed E-state index contributed by atoms with van der Waals surface area (Å²) in [6.07, 6.45) is 1.36. The van der Waals surface area contributed by atoms with Crippen molar-refractivity contribution >= 4 is 17.6 Å². The molecular formula is C17H23NO3. The molecule has 1 aromatic carbocycles. The third-order valence-corrected chi connectivity index (χ3v) is 2.94. The van der Waals surface area contributed by atoms with Gasteiger partial charge in [0.05, 0.1) is 0 Å². The molecule has 0 saturated heterocycles. The summed E-state index contributed by atoms with van der Waals surface area (Å²) >= 11 is 0. The monoisotopic (exact) mass is 289 g/mol. The number of rotatable bonds is 5. The van der Waals surface area contributed by atoms with Crippen LogP contribution in [-0.4, -0.2) is 18.5 Å². The number of esters is 1. The highest BCUT2D eigenvalue weighted by atomic mass is 16.5. The molecule has 0 unspecified atom stereocenters. The van der Waals surface area contributed by atoms with Gasteiger partial charge in [-0.3, -0.25) is 4.79 Å². The fraction of sp³-hybridized carbons (Fsp3) is 0.412. The van der Waals surface area contributed by atoms with Crippen LogP contribution in [0.15, 0.2) is 29.8 Å². The Balaban J connectivity index is 2.72. The first kappa shape index (κ1) is 17.0. The number of hydrogen-bond acceptors (Lipinski definition) is 3. The molecule has 0 radical (unpaired) electrons. The zero-order valence-corrected chi connectivity index (χ0v) is 13.3. The highest BCUT2D eigenvalue weighted by molar-refractivity contribution is 5.95. The Morgan fingerprint density at radius 3 is 2.52 bits per heavy atom. The molecule has 0 spiro atoms. The highest BCUT2D eigenvalue weighted by Crippen LogP contribution is 2.27. The zero-order chi connectivity index (χ0) is 16.0. The van der Waals surface area contributed by atoms with Crippen molar-refractivity contribution in [2.45, 2.75) is 40.5 Å². The van der Waals surface area contributed by atoms with Crippen molar-refractivity contribution in [1.29, 1.82) is 0 Å². The molecule has 0 aliphatic heterocycles. The highest BCUT2D eigenvalue weighted by Gasteiger charge is 2.13. The lowest BCUT2D eigenvalue weighted by molar-refractivity contribution is -0.142. The smallest absolute Gasteiger partial charge is 0.331 e. The minimum atomic E-state index is -0.501. The molecule has 0 aliphatic carbocycles. The van der Waals surface area contributed by atoms with E-state index in [9.17, 15) is 9.59 Å². The number of amides is 1. The summed E-state index contributed by atoms with van der Waals surface area (Å²) in [6.45, 7) is 9.39. The van der Waals surface area contributed by atoms with E-state index in [4.69, 9.17) is 4.74 Å². The Kier molecular flexibility index (Phi) is 6.15. The van der Waals surface area contributed by atoms with Crippen LogP contribution in [0, 0.1) is 6.92 Å². The predicted molar refractivity (Wildman–Crippen MR) is 84.3 cm³/mol. The molecule has 1 rings (SSSR count). The van der Waals surface area contributed by atoms with Crippen molar-refractivity contribution in [3.05, 3.63) is 41.0 Å². The second-order valence-electron chi connectivity index (χ2n) is 5.57. The number of nitrogens with one attached hydrogen (secondary N) is 1. The van der Waals surface area contributed by atoms with Crippen LogP contribution in [0.3, 0.4) is 0 Å². The largest absolute Gasteiger partial charge is 0.452 e. The zero-order valence-electron chi connectivity index (χ0n) is 13.3. The molecule has 0 aliphatic rings. The third kappa shape index (κ3) is 5.42. The molecule has 21 heavy (non-hydrogen) atoms. The van der Waals surface area contributed by atoms with E-state index in [1.165, 1.54) is 6.08 Å². The molecule has 1 N–H and O–H groups in total. The molecule has 0 aromatic heterocycles. The first-order valence-electron chi connectivity index (χ1n) is 7.02. The number of carbonyl (C=O) groups excluding carboxylic acids is 2. The van der Waals surface area contributed by atoms with Gasteiger partial charge in [0, 0.05) is 11.8 Å². The molecule has 4 heteroatoms. The van der Waals surface area contributed by atoms with Crippen molar-refractivity contribution in [3.63, 3.8) is 0 Å². The maximum absolute atomic E-state index is 11.9. The van der Waals surface area contributed by atoms with Gasteiger partial charge >= 0.3 is 5.97 Å². The van der Waals surface area contributed by atoms with E-state index in [1.54, 1.807) is 13.8 Å². The van der Waals surface area contributed by atoms with Crippen molar-refractivity contribution in [3.8, 4) is 0 Å². The molecule has 114 valence electrons. The van der Waals surface area contributed by atoms with Crippen LogP contribution in [0.5, 0.6) is 0 Å². The summed E-state index contributed by atoms with van der Waals surface area (Å²) in [5, 5.41) is 2.83. The quantitative estimate of drug-likeness (QED) is 0.666. The van der Waals surface area contributed by atoms with Gasteiger partial charge in [0.1, 0.15) is 0 Å². The van der Waals surface area contributed by atoms with Gasteiger partial charge in [-0.1, -0.05) is 37.6 Å². The van der Waals surface area contributed by atoms with Crippen molar-refractivity contribution in [1.82, 2.24) is 0 Å². The Morgan fingerprint density at radius 2 is 1.95 bits per heavy atom. The second-order valence-corrected chi connectivity index (χ2v) is 5.57. The van der Waals surface area contributed by atoms with Gasteiger partial charge in [-0.15, -0.1) is 0 Å². The van der Waals surface area contributed by atoms with Crippen LogP contribution in [0.2, 0.25) is 0 Å². The molecule has 0 bridgehead atoms. The van der Waals surface area contributed by atoms with Gasteiger partial charge in [0.15, 0.2) is 6.61 Å². The standard InChI is InChI=1S/C17H23NO3/c1-11(2)9-16(20)21-10-15(19)18-17-13(5)7-6-8-14(17)12(3)4/h6-9,12H,10H2,1-5H3,(H,18,19). The molecule has 0 atom stereocenters. The van der Waals surface area contributed by atoms with Crippen LogP contribution in [0.4, 0.5) is 5.69 Å². The summed E-state index contributed by atoms with van der Waals surface area (Å²) in [5.41, 5.74) is 3.70. The third-order valence-electron chi connectivity index (χ3n) is 2.94. The average Bonchev–Trinajstić information content (AvgIpc) is 2.37. The number of ether oxygens (including phenoxy) is 1. The van der Waals surface area contributed by atoms with Crippen LogP contribution in [-0.2, 0) is 14.3 Å². The Labute approximate surface area is 126 Å². The van der Waals surface area contributed by atoms with Gasteiger partial charge in [0.2, 0.25) is 0 Å². The van der Waals surface area contributed by atoms with Crippen LogP contribution in [0.1, 0.15) is 44.7 Å². The Morgan fingerprint density at radius 1 is 1.29 bits per heavy atom. The minimum absolute atomic E-state index is 0.283. The first-order chi connectivity index (χ1) is 9.81. The summed E-state index contributed by atoms with van der Waals surface area (Å²) in [6, 6.07) is 5.90. The summed E-state index contributed by atoms with van der Waals surface area (Å²) in [4.78, 5) is 23.3. The van der Waals surface area contributed by atoms with E-state index in [1.807, 2.05) is 25.1 Å². The van der Waals surface area contributed by atoms with Crippen molar-refractivity contribution in [2.24, 2.45) is 0 Å². The fourth-order valence-corrected chi connectivity index (χ4v) is 1.93. The van der Waals surface area contributed by atoms with Gasteiger partial charge in [0.25, 0.3) is 5.91 Å². The molecular weight excluding hydrogens is 266 g/mol. The van der Waals surface area contributed by atoms with Crippen molar-refractivity contribution in [2.75, 3.05) is 11.9 Å². The summed E-state index contributed by atoms with van der Waals surface area (Å²) in [5.74, 6) is -0.533. The molecule has 0 heterocycles. The maximum atomic E-state index is 11.9. The number of carbonyl (C=O) groups is 2. The van der Waals surface area contributed by atoms with Crippen LogP contribution >= 0.6 is 0 Å². The van der Waals surface area contributed by atoms with E-state index in [2.05, 4.69) is 19.2 Å². The Hall–Kier alpha value is -2.10. The van der Waals surface area contributed by atoms with E-state index >= 15 is 0 Å².